The summed E-state index contributed by atoms with van der Waals surface area (Å²) >= 11 is 9.69. The summed E-state index contributed by atoms with van der Waals surface area (Å²) in [6.45, 7) is 2.89. The van der Waals surface area contributed by atoms with Crippen molar-refractivity contribution in [1.29, 1.82) is 0 Å². The molecule has 1 aliphatic heterocycles. The van der Waals surface area contributed by atoms with E-state index >= 15 is 0 Å². The molecular formula is C12H16BrClN2. The molecule has 0 saturated carbocycles. The Morgan fingerprint density at radius 2 is 2.06 bits per heavy atom. The lowest BCUT2D eigenvalue weighted by Crippen LogP contribution is -2.31. The molecule has 2 nitrogen and oxygen atoms in total. The fraction of sp³-hybridized carbons (Fsp3) is 0.500. The van der Waals surface area contributed by atoms with Crippen molar-refractivity contribution < 1.29 is 0 Å². The first-order valence-corrected chi connectivity index (χ1v) is 6.78. The van der Waals surface area contributed by atoms with Crippen LogP contribution in [0.4, 0.5) is 0 Å². The van der Waals surface area contributed by atoms with Gasteiger partial charge in [-0.3, -0.25) is 4.90 Å². The van der Waals surface area contributed by atoms with Crippen LogP contribution < -0.4 is 5.73 Å². The quantitative estimate of drug-likeness (QED) is 0.929. The van der Waals surface area contributed by atoms with Crippen LogP contribution in [-0.2, 0) is 0 Å². The highest BCUT2D eigenvalue weighted by Crippen LogP contribution is 2.31. The number of nitrogens with zero attached hydrogens (tertiary/aromatic N) is 1. The fourth-order valence-electron chi connectivity index (χ4n) is 2.30. The van der Waals surface area contributed by atoms with Crippen molar-refractivity contribution in [3.8, 4) is 0 Å². The van der Waals surface area contributed by atoms with Crippen molar-refractivity contribution >= 4 is 27.5 Å². The molecular weight excluding hydrogens is 288 g/mol. The summed E-state index contributed by atoms with van der Waals surface area (Å²) in [6.07, 6.45) is 2.54. The normalized spacial score (nSPS) is 18.9. The molecule has 0 radical (unpaired) electrons. The molecule has 4 heteroatoms. The Hall–Kier alpha value is -0.0900. The maximum atomic E-state index is 6.27. The SMILES string of the molecule is NCC(c1ccc(Br)cc1Cl)N1CCCC1. The highest BCUT2D eigenvalue weighted by molar-refractivity contribution is 9.10. The van der Waals surface area contributed by atoms with Gasteiger partial charge in [0.1, 0.15) is 0 Å². The molecule has 0 spiro atoms. The van der Waals surface area contributed by atoms with Gasteiger partial charge < -0.3 is 5.73 Å². The lowest BCUT2D eigenvalue weighted by atomic mass is 10.1. The molecule has 1 aromatic carbocycles. The number of hydrogen-bond donors (Lipinski definition) is 1. The summed E-state index contributed by atoms with van der Waals surface area (Å²) in [5.74, 6) is 0. The van der Waals surface area contributed by atoms with Gasteiger partial charge in [-0.05, 0) is 43.6 Å². The van der Waals surface area contributed by atoms with Crippen LogP contribution >= 0.6 is 27.5 Å². The minimum absolute atomic E-state index is 0.267. The van der Waals surface area contributed by atoms with E-state index in [-0.39, 0.29) is 6.04 Å². The van der Waals surface area contributed by atoms with Crippen LogP contribution in [0.15, 0.2) is 22.7 Å². The summed E-state index contributed by atoms with van der Waals surface area (Å²) in [4.78, 5) is 2.43. The third kappa shape index (κ3) is 2.59. The van der Waals surface area contributed by atoms with Crippen molar-refractivity contribution in [3.05, 3.63) is 33.3 Å². The summed E-state index contributed by atoms with van der Waals surface area (Å²) in [6, 6.07) is 6.31. The zero-order chi connectivity index (χ0) is 11.5. The topological polar surface area (TPSA) is 29.3 Å². The average Bonchev–Trinajstić information content (AvgIpc) is 2.75. The van der Waals surface area contributed by atoms with E-state index in [4.69, 9.17) is 17.3 Å². The van der Waals surface area contributed by atoms with E-state index in [2.05, 4.69) is 26.9 Å². The van der Waals surface area contributed by atoms with Crippen molar-refractivity contribution in [2.24, 2.45) is 5.73 Å². The summed E-state index contributed by atoms with van der Waals surface area (Å²) in [7, 11) is 0. The number of rotatable bonds is 3. The van der Waals surface area contributed by atoms with E-state index in [0.29, 0.717) is 6.54 Å². The Balaban J connectivity index is 2.25. The van der Waals surface area contributed by atoms with Crippen LogP contribution in [0.5, 0.6) is 0 Å². The molecule has 2 rings (SSSR count). The van der Waals surface area contributed by atoms with E-state index in [1.54, 1.807) is 0 Å². The van der Waals surface area contributed by atoms with E-state index in [1.165, 1.54) is 12.8 Å². The van der Waals surface area contributed by atoms with Gasteiger partial charge >= 0.3 is 0 Å². The third-order valence-corrected chi connectivity index (χ3v) is 3.95. The monoisotopic (exact) mass is 302 g/mol. The van der Waals surface area contributed by atoms with Crippen molar-refractivity contribution in [2.45, 2.75) is 18.9 Å². The van der Waals surface area contributed by atoms with E-state index < -0.39 is 0 Å². The summed E-state index contributed by atoms with van der Waals surface area (Å²) in [5, 5.41) is 0.803. The Labute approximate surface area is 110 Å². The van der Waals surface area contributed by atoms with Crippen molar-refractivity contribution in [1.82, 2.24) is 4.90 Å². The Kier molecular flexibility index (Phi) is 4.25. The Bertz CT molecular complexity index is 364. The summed E-state index contributed by atoms with van der Waals surface area (Å²) < 4.78 is 1.01. The van der Waals surface area contributed by atoms with Gasteiger partial charge in [0, 0.05) is 22.1 Å². The first kappa shape index (κ1) is 12.4. The molecule has 88 valence electrons. The van der Waals surface area contributed by atoms with Gasteiger partial charge in [-0.1, -0.05) is 33.6 Å². The lowest BCUT2D eigenvalue weighted by Gasteiger charge is -2.27. The molecule has 1 unspecified atom stereocenters. The smallest absolute Gasteiger partial charge is 0.0485 e. The molecule has 2 N–H and O–H groups in total. The van der Waals surface area contributed by atoms with Crippen LogP contribution in [0.3, 0.4) is 0 Å². The van der Waals surface area contributed by atoms with Crippen LogP contribution in [0.1, 0.15) is 24.4 Å². The van der Waals surface area contributed by atoms with Gasteiger partial charge in [0.05, 0.1) is 0 Å². The van der Waals surface area contributed by atoms with Gasteiger partial charge in [-0.2, -0.15) is 0 Å². The molecule has 0 aromatic heterocycles. The first-order chi connectivity index (χ1) is 7.72. The molecule has 0 aliphatic carbocycles. The maximum absolute atomic E-state index is 6.27. The molecule has 1 atom stereocenters. The van der Waals surface area contributed by atoms with E-state index in [9.17, 15) is 0 Å². The largest absolute Gasteiger partial charge is 0.329 e. The number of hydrogen-bond acceptors (Lipinski definition) is 2. The molecule has 0 bridgehead atoms. The standard InChI is InChI=1S/C12H16BrClN2/c13-9-3-4-10(11(14)7-9)12(8-15)16-5-1-2-6-16/h3-4,7,12H,1-2,5-6,8,15H2. The zero-order valence-corrected chi connectivity index (χ0v) is 11.5. The van der Waals surface area contributed by atoms with Crippen LogP contribution in [0.2, 0.25) is 5.02 Å². The second-order valence-corrected chi connectivity index (χ2v) is 5.48. The fourth-order valence-corrected chi connectivity index (χ4v) is 3.10. The highest BCUT2D eigenvalue weighted by atomic mass is 79.9. The second-order valence-electron chi connectivity index (χ2n) is 4.16. The predicted octanol–water partition coefficient (Wildman–Crippen LogP) is 3.20. The van der Waals surface area contributed by atoms with Gasteiger partial charge in [0.15, 0.2) is 0 Å². The second kappa shape index (κ2) is 5.50. The minimum atomic E-state index is 0.267. The van der Waals surface area contributed by atoms with Crippen LogP contribution in [0.25, 0.3) is 0 Å². The van der Waals surface area contributed by atoms with Gasteiger partial charge in [-0.25, -0.2) is 0 Å². The Morgan fingerprint density at radius 1 is 1.38 bits per heavy atom. The molecule has 1 aromatic rings. The van der Waals surface area contributed by atoms with Gasteiger partial charge in [0.25, 0.3) is 0 Å². The molecule has 0 amide bonds. The van der Waals surface area contributed by atoms with Crippen molar-refractivity contribution in [3.63, 3.8) is 0 Å². The molecule has 1 saturated heterocycles. The molecule has 1 fully saturated rings. The molecule has 1 heterocycles. The van der Waals surface area contributed by atoms with Crippen LogP contribution in [0, 0.1) is 0 Å². The van der Waals surface area contributed by atoms with Gasteiger partial charge in [-0.15, -0.1) is 0 Å². The molecule has 16 heavy (non-hydrogen) atoms. The number of likely N-dealkylation sites (tertiary alicyclic amines) is 1. The first-order valence-electron chi connectivity index (χ1n) is 5.61. The predicted molar refractivity (Wildman–Crippen MR) is 71.8 cm³/mol. The number of nitrogens with two attached hydrogens (primary N) is 1. The maximum Gasteiger partial charge on any atom is 0.0485 e. The number of benzene rings is 1. The molecule has 1 aliphatic rings. The van der Waals surface area contributed by atoms with E-state index in [1.807, 2.05) is 12.1 Å². The summed E-state index contributed by atoms with van der Waals surface area (Å²) in [5.41, 5.74) is 7.03. The highest BCUT2D eigenvalue weighted by Gasteiger charge is 2.23. The number of halogens is 2. The van der Waals surface area contributed by atoms with E-state index in [0.717, 1.165) is 28.1 Å². The minimum Gasteiger partial charge on any atom is -0.329 e. The lowest BCUT2D eigenvalue weighted by molar-refractivity contribution is 0.251. The van der Waals surface area contributed by atoms with Crippen molar-refractivity contribution in [2.75, 3.05) is 19.6 Å². The third-order valence-electron chi connectivity index (χ3n) is 3.13. The zero-order valence-electron chi connectivity index (χ0n) is 9.13. The average molecular weight is 304 g/mol. The Morgan fingerprint density at radius 3 is 2.62 bits per heavy atom. The van der Waals surface area contributed by atoms with Gasteiger partial charge in [0.2, 0.25) is 0 Å². The van der Waals surface area contributed by atoms with Crippen LogP contribution in [-0.4, -0.2) is 24.5 Å².